The maximum Gasteiger partial charge on any atom is 0.673 e. The van der Waals surface area contributed by atoms with Crippen molar-refractivity contribution in [1.29, 1.82) is 0 Å². The van der Waals surface area contributed by atoms with Gasteiger partial charge in [-0.1, -0.05) is 67.8 Å². The van der Waals surface area contributed by atoms with E-state index < -0.39 is 23.1 Å². The summed E-state index contributed by atoms with van der Waals surface area (Å²) in [6.07, 6.45) is 18.7. The summed E-state index contributed by atoms with van der Waals surface area (Å²) < 4.78 is 44.1. The number of cyclic esters (lactones) is 2. The number of ether oxygens (including phenoxy) is 1. The number of halogens is 4. The first kappa shape index (κ1) is 32.7. The molecule has 1 aliphatic carbocycles. The topological polar surface area (TPSA) is 43.4 Å². The van der Waals surface area contributed by atoms with E-state index in [1.807, 2.05) is 0 Å². The van der Waals surface area contributed by atoms with Crippen molar-refractivity contribution in [3.63, 3.8) is 0 Å². The van der Waals surface area contributed by atoms with E-state index in [1.54, 1.807) is 0 Å². The van der Waals surface area contributed by atoms with E-state index in [0.717, 1.165) is 10.6 Å². The van der Waals surface area contributed by atoms with Crippen LogP contribution in [-0.4, -0.2) is 41.8 Å². The Hall–Kier alpha value is -0.372. The minimum Gasteiger partial charge on any atom is -0.418 e. The molecule has 0 aromatic heterocycles. The molecule has 0 spiro atoms. The van der Waals surface area contributed by atoms with Crippen LogP contribution in [0.4, 0.5) is 17.3 Å². The zero-order chi connectivity index (χ0) is 25.5. The van der Waals surface area contributed by atoms with E-state index in [1.165, 1.54) is 51.4 Å². The molecule has 2 saturated heterocycles. The maximum atomic E-state index is 12.4. The van der Waals surface area contributed by atoms with Crippen LogP contribution in [0.15, 0.2) is 34.9 Å². The first-order chi connectivity index (χ1) is 15.9. The van der Waals surface area contributed by atoms with Gasteiger partial charge in [-0.15, -0.1) is 0 Å². The van der Waals surface area contributed by atoms with Gasteiger partial charge in [0.15, 0.2) is 0 Å². The van der Waals surface area contributed by atoms with Crippen molar-refractivity contribution in [3.8, 4) is 0 Å². The molecular weight excluding hydrogens is 588 g/mol. The van der Waals surface area contributed by atoms with Gasteiger partial charge < -0.3 is 22.0 Å². The predicted molar refractivity (Wildman–Crippen MR) is 135 cm³/mol. The Morgan fingerprint density at radius 1 is 0.657 bits per heavy atom. The third kappa shape index (κ3) is 10.1. The number of esters is 2. The van der Waals surface area contributed by atoms with E-state index in [9.17, 15) is 26.9 Å². The van der Waals surface area contributed by atoms with Gasteiger partial charge in [0.05, 0.1) is 10.6 Å². The van der Waals surface area contributed by atoms with Crippen LogP contribution >= 0.6 is 15.8 Å². The minimum absolute atomic E-state index is 0. The zero-order valence-corrected chi connectivity index (χ0v) is 24.2. The largest absolute Gasteiger partial charge is 0.673 e. The number of rotatable bonds is 2. The SMILES string of the molecule is C1=CCCC=CCC1.CC1CCC(C)P1C1=C(P2C(C)CCC2C)C(=O)OC1=O.F[B-](F)(F)F.[Rh]. The molecule has 4 aliphatic rings. The summed E-state index contributed by atoms with van der Waals surface area (Å²) >= 11 is 0. The van der Waals surface area contributed by atoms with Gasteiger partial charge in [-0.3, -0.25) is 0 Å². The predicted octanol–water partition coefficient (Wildman–Crippen LogP) is 8.36. The molecule has 4 unspecified atom stereocenters. The first-order valence-corrected chi connectivity index (χ1v) is 15.1. The van der Waals surface area contributed by atoms with Gasteiger partial charge >= 0.3 is 19.2 Å². The molecule has 0 amide bonds. The summed E-state index contributed by atoms with van der Waals surface area (Å²) in [6.45, 7) is 8.96. The summed E-state index contributed by atoms with van der Waals surface area (Å²) in [7, 11) is -7.06. The van der Waals surface area contributed by atoms with Gasteiger partial charge in [0.2, 0.25) is 0 Å². The zero-order valence-electron chi connectivity index (χ0n) is 20.8. The maximum absolute atomic E-state index is 12.4. The summed E-state index contributed by atoms with van der Waals surface area (Å²) in [6, 6.07) is 0. The van der Waals surface area contributed by atoms with Crippen LogP contribution < -0.4 is 0 Å². The molecule has 3 aliphatic heterocycles. The van der Waals surface area contributed by atoms with Crippen molar-refractivity contribution in [1.82, 2.24) is 0 Å². The van der Waals surface area contributed by atoms with Gasteiger partial charge in [0.1, 0.15) is 0 Å². The standard InChI is InChI=1S/C16H24O3P2.C8H12.BF4.Rh/c1-9-5-6-10(2)20(9)13-14(16(18)19-15(13)17)21-11(3)7-8-12(21)4;1-2-4-6-8-7-5-3-1;2-1(3,4)5;/h9-12H,5-8H2,1-4H3;1-2,7-8H,3-6H2;;/q;;-1;. The van der Waals surface area contributed by atoms with Crippen LogP contribution in [0.5, 0.6) is 0 Å². The quantitative estimate of drug-likeness (QED) is 0.0775. The van der Waals surface area contributed by atoms with Gasteiger partial charge in [0.25, 0.3) is 0 Å². The third-order valence-corrected chi connectivity index (χ3v) is 13.4. The fourth-order valence-corrected chi connectivity index (χ4v) is 12.0. The number of hydrogen-bond acceptors (Lipinski definition) is 3. The van der Waals surface area contributed by atoms with Crippen LogP contribution in [-0.2, 0) is 33.8 Å². The Morgan fingerprint density at radius 2 is 0.886 bits per heavy atom. The number of carbonyl (C=O) groups is 2. The van der Waals surface area contributed by atoms with Crippen molar-refractivity contribution < 1.29 is 51.1 Å². The van der Waals surface area contributed by atoms with Crippen LogP contribution in [0.3, 0.4) is 0 Å². The molecule has 201 valence electrons. The Morgan fingerprint density at radius 3 is 1.11 bits per heavy atom. The van der Waals surface area contributed by atoms with Crippen LogP contribution in [0, 0.1) is 0 Å². The van der Waals surface area contributed by atoms with E-state index in [2.05, 4.69) is 52.0 Å². The Balaban J connectivity index is 0.000000363. The second-order valence-corrected chi connectivity index (χ2v) is 15.4. The van der Waals surface area contributed by atoms with Crippen LogP contribution in [0.2, 0.25) is 0 Å². The normalized spacial score (nSPS) is 32.6. The average molecular weight is 624 g/mol. The number of hydrogen-bond donors (Lipinski definition) is 0. The molecule has 0 bridgehead atoms. The second kappa shape index (κ2) is 15.1. The fraction of sp³-hybridized carbons (Fsp3) is 0.667. The third-order valence-electron chi connectivity index (χ3n) is 6.55. The molecule has 11 heteroatoms. The molecule has 3 heterocycles. The Labute approximate surface area is 222 Å². The van der Waals surface area contributed by atoms with Crippen LogP contribution in [0.25, 0.3) is 0 Å². The molecule has 2 fully saturated rings. The molecule has 1 radical (unpaired) electrons. The van der Waals surface area contributed by atoms with Crippen molar-refractivity contribution >= 4 is 35.0 Å². The molecule has 0 aromatic rings. The van der Waals surface area contributed by atoms with Gasteiger partial charge in [-0.25, -0.2) is 9.59 Å². The molecule has 0 aromatic carbocycles. The number of allylic oxidation sites excluding steroid dienone is 4. The molecule has 3 nitrogen and oxygen atoms in total. The molecule has 0 saturated carbocycles. The fourth-order valence-electron chi connectivity index (χ4n) is 4.96. The molecule has 4 atom stereocenters. The molecule has 0 N–H and O–H groups in total. The molecule has 4 rings (SSSR count). The van der Waals surface area contributed by atoms with E-state index in [0.29, 0.717) is 22.6 Å². The Bertz CT molecular complexity index is 723. The summed E-state index contributed by atoms with van der Waals surface area (Å²) in [5, 5.41) is 1.67. The van der Waals surface area contributed by atoms with Crippen molar-refractivity contribution in [2.24, 2.45) is 0 Å². The van der Waals surface area contributed by atoms with E-state index in [-0.39, 0.29) is 31.4 Å². The monoisotopic (exact) mass is 624 g/mol. The first-order valence-electron chi connectivity index (χ1n) is 12.2. The van der Waals surface area contributed by atoms with E-state index >= 15 is 0 Å². The number of carbonyl (C=O) groups excluding carboxylic acids is 2. The van der Waals surface area contributed by atoms with Gasteiger partial charge in [0, 0.05) is 19.5 Å². The average Bonchev–Trinajstić information content (AvgIpc) is 3.28. The van der Waals surface area contributed by atoms with Crippen LogP contribution in [0.1, 0.15) is 79.1 Å². The smallest absolute Gasteiger partial charge is 0.418 e. The Kier molecular flexibility index (Phi) is 14.1. The minimum atomic E-state index is -6.00. The summed E-state index contributed by atoms with van der Waals surface area (Å²) in [5.74, 6) is -0.619. The van der Waals surface area contributed by atoms with E-state index in [4.69, 9.17) is 4.74 Å². The van der Waals surface area contributed by atoms with Gasteiger partial charge in [-0.2, -0.15) is 0 Å². The second-order valence-electron chi connectivity index (χ2n) is 9.33. The van der Waals surface area contributed by atoms with Gasteiger partial charge in [-0.05, 0) is 74.0 Å². The summed E-state index contributed by atoms with van der Waals surface area (Å²) in [5.41, 5.74) is 2.17. The van der Waals surface area contributed by atoms with Crippen molar-refractivity contribution in [2.75, 3.05) is 0 Å². The van der Waals surface area contributed by atoms with Crippen molar-refractivity contribution in [2.45, 2.75) is 102 Å². The van der Waals surface area contributed by atoms with Crippen molar-refractivity contribution in [3.05, 3.63) is 34.9 Å². The molecule has 35 heavy (non-hydrogen) atoms. The molecular formula is C24H36BF4O3P2Rh-. The summed E-state index contributed by atoms with van der Waals surface area (Å²) in [4.78, 5) is 24.7.